The van der Waals surface area contributed by atoms with E-state index in [2.05, 4.69) is 4.74 Å². The molecule has 0 aromatic rings. The zero-order chi connectivity index (χ0) is 8.85. The van der Waals surface area contributed by atoms with Crippen LogP contribution in [0.1, 0.15) is 13.8 Å². The maximum atomic E-state index is 10.9. The van der Waals surface area contributed by atoms with E-state index >= 15 is 0 Å². The van der Waals surface area contributed by atoms with Gasteiger partial charge in [0, 0.05) is 0 Å². The Labute approximate surface area is 78.5 Å². The molecule has 5 heteroatoms. The quantitative estimate of drug-likeness (QED) is 0.619. The Kier molecular flexibility index (Phi) is 8.69. The normalized spacial score (nSPS) is 12.1. The number of esters is 1. The SMILES string of the molecule is CC(C)C(N)C(=O)OCCO.Cl. The first-order valence-corrected chi connectivity index (χ1v) is 3.62. The van der Waals surface area contributed by atoms with E-state index in [1.165, 1.54) is 0 Å². The highest BCUT2D eigenvalue weighted by atomic mass is 35.5. The molecular weight excluding hydrogens is 182 g/mol. The summed E-state index contributed by atoms with van der Waals surface area (Å²) in [6.07, 6.45) is 0. The molecule has 0 aliphatic heterocycles. The van der Waals surface area contributed by atoms with E-state index in [1.807, 2.05) is 13.8 Å². The van der Waals surface area contributed by atoms with Gasteiger partial charge in [-0.3, -0.25) is 4.79 Å². The average Bonchev–Trinajstić information content (AvgIpc) is 1.98. The predicted molar refractivity (Wildman–Crippen MR) is 48.1 cm³/mol. The van der Waals surface area contributed by atoms with E-state index in [-0.39, 0.29) is 31.5 Å². The van der Waals surface area contributed by atoms with Gasteiger partial charge in [-0.05, 0) is 5.92 Å². The third-order valence-electron chi connectivity index (χ3n) is 1.33. The number of nitrogens with two attached hydrogens (primary N) is 1. The van der Waals surface area contributed by atoms with Gasteiger partial charge in [0.15, 0.2) is 0 Å². The fourth-order valence-corrected chi connectivity index (χ4v) is 0.515. The third kappa shape index (κ3) is 5.35. The van der Waals surface area contributed by atoms with Gasteiger partial charge in [-0.1, -0.05) is 13.8 Å². The second-order valence-corrected chi connectivity index (χ2v) is 2.66. The van der Waals surface area contributed by atoms with Crippen LogP contribution in [0.3, 0.4) is 0 Å². The largest absolute Gasteiger partial charge is 0.462 e. The van der Waals surface area contributed by atoms with Gasteiger partial charge in [-0.2, -0.15) is 0 Å². The molecule has 0 amide bonds. The van der Waals surface area contributed by atoms with Crippen molar-refractivity contribution in [1.82, 2.24) is 0 Å². The number of rotatable bonds is 4. The molecule has 0 saturated heterocycles. The fraction of sp³-hybridized carbons (Fsp3) is 0.857. The van der Waals surface area contributed by atoms with Crippen molar-refractivity contribution in [3.63, 3.8) is 0 Å². The summed E-state index contributed by atoms with van der Waals surface area (Å²) in [5.74, 6) is -0.379. The molecular formula is C7H16ClNO3. The van der Waals surface area contributed by atoms with E-state index in [4.69, 9.17) is 10.8 Å². The molecule has 0 aromatic heterocycles. The van der Waals surface area contributed by atoms with Crippen LogP contribution in [0.15, 0.2) is 0 Å². The number of halogens is 1. The highest BCUT2D eigenvalue weighted by Gasteiger charge is 2.17. The zero-order valence-corrected chi connectivity index (χ0v) is 8.13. The fourth-order valence-electron chi connectivity index (χ4n) is 0.515. The second-order valence-electron chi connectivity index (χ2n) is 2.66. The van der Waals surface area contributed by atoms with Gasteiger partial charge in [-0.25, -0.2) is 0 Å². The van der Waals surface area contributed by atoms with Gasteiger partial charge in [0.2, 0.25) is 0 Å². The molecule has 0 rings (SSSR count). The molecule has 0 aromatic carbocycles. The van der Waals surface area contributed by atoms with Crippen molar-refractivity contribution < 1.29 is 14.6 Å². The van der Waals surface area contributed by atoms with E-state index in [0.717, 1.165) is 0 Å². The molecule has 0 fully saturated rings. The van der Waals surface area contributed by atoms with E-state index < -0.39 is 12.0 Å². The van der Waals surface area contributed by atoms with Crippen LogP contribution in [0.4, 0.5) is 0 Å². The van der Waals surface area contributed by atoms with Crippen LogP contribution in [0.25, 0.3) is 0 Å². The highest BCUT2D eigenvalue weighted by Crippen LogP contribution is 1.99. The lowest BCUT2D eigenvalue weighted by molar-refractivity contribution is -0.147. The summed E-state index contributed by atoms with van der Waals surface area (Å²) >= 11 is 0. The van der Waals surface area contributed by atoms with E-state index in [1.54, 1.807) is 0 Å². The molecule has 0 aliphatic rings. The van der Waals surface area contributed by atoms with Crippen LogP contribution < -0.4 is 5.73 Å². The number of carbonyl (C=O) groups excluding carboxylic acids is 1. The van der Waals surface area contributed by atoms with Gasteiger partial charge >= 0.3 is 5.97 Å². The molecule has 1 unspecified atom stereocenters. The lowest BCUT2D eigenvalue weighted by atomic mass is 10.1. The molecule has 0 bridgehead atoms. The number of aliphatic hydroxyl groups is 1. The number of ether oxygens (including phenoxy) is 1. The van der Waals surface area contributed by atoms with Crippen molar-refractivity contribution >= 4 is 18.4 Å². The minimum Gasteiger partial charge on any atom is -0.462 e. The van der Waals surface area contributed by atoms with Crippen LogP contribution in [0.5, 0.6) is 0 Å². The van der Waals surface area contributed by atoms with Crippen molar-refractivity contribution in [3.8, 4) is 0 Å². The van der Waals surface area contributed by atoms with Crippen molar-refractivity contribution in [1.29, 1.82) is 0 Å². The van der Waals surface area contributed by atoms with E-state index in [0.29, 0.717) is 0 Å². The number of aliphatic hydroxyl groups excluding tert-OH is 1. The predicted octanol–water partition coefficient (Wildman–Crippen LogP) is -0.0730. The van der Waals surface area contributed by atoms with Crippen LogP contribution in [0, 0.1) is 5.92 Å². The molecule has 74 valence electrons. The Morgan fingerprint density at radius 2 is 2.08 bits per heavy atom. The van der Waals surface area contributed by atoms with Crippen LogP contribution in [-0.4, -0.2) is 30.3 Å². The third-order valence-corrected chi connectivity index (χ3v) is 1.33. The van der Waals surface area contributed by atoms with Crippen LogP contribution >= 0.6 is 12.4 Å². The maximum absolute atomic E-state index is 10.9. The van der Waals surface area contributed by atoms with Crippen molar-refractivity contribution in [2.45, 2.75) is 19.9 Å². The number of carbonyl (C=O) groups is 1. The first-order chi connectivity index (χ1) is 5.09. The molecule has 0 heterocycles. The molecule has 4 nitrogen and oxygen atoms in total. The van der Waals surface area contributed by atoms with Crippen molar-refractivity contribution in [3.05, 3.63) is 0 Å². The Morgan fingerprint density at radius 1 is 1.58 bits per heavy atom. The Morgan fingerprint density at radius 3 is 2.42 bits per heavy atom. The van der Waals surface area contributed by atoms with Crippen molar-refractivity contribution in [2.75, 3.05) is 13.2 Å². The van der Waals surface area contributed by atoms with Crippen LogP contribution in [-0.2, 0) is 9.53 Å². The number of hydrogen-bond donors (Lipinski definition) is 2. The molecule has 0 spiro atoms. The monoisotopic (exact) mass is 197 g/mol. The van der Waals surface area contributed by atoms with E-state index in [9.17, 15) is 4.79 Å². The van der Waals surface area contributed by atoms with Crippen molar-refractivity contribution in [2.24, 2.45) is 11.7 Å². The summed E-state index contributed by atoms with van der Waals surface area (Å²) in [7, 11) is 0. The molecule has 12 heavy (non-hydrogen) atoms. The summed E-state index contributed by atoms with van der Waals surface area (Å²) in [4.78, 5) is 10.9. The topological polar surface area (TPSA) is 72.6 Å². The minimum atomic E-state index is -0.582. The van der Waals surface area contributed by atoms with Gasteiger partial charge in [-0.15, -0.1) is 12.4 Å². The minimum absolute atomic E-state index is 0. The molecule has 0 saturated carbocycles. The summed E-state index contributed by atoms with van der Waals surface area (Å²) in [5.41, 5.74) is 5.44. The van der Waals surface area contributed by atoms with Gasteiger partial charge in [0.05, 0.1) is 6.61 Å². The number of hydrogen-bond acceptors (Lipinski definition) is 4. The smallest absolute Gasteiger partial charge is 0.323 e. The summed E-state index contributed by atoms with van der Waals surface area (Å²) in [6.45, 7) is 3.55. The molecule has 3 N–H and O–H groups in total. The van der Waals surface area contributed by atoms with Gasteiger partial charge in [0.25, 0.3) is 0 Å². The Hall–Kier alpha value is -0.320. The molecule has 0 aliphatic carbocycles. The summed E-state index contributed by atoms with van der Waals surface area (Å²) in [6, 6.07) is -0.582. The second kappa shape index (κ2) is 7.34. The van der Waals surface area contributed by atoms with Crippen LogP contribution in [0.2, 0.25) is 0 Å². The summed E-state index contributed by atoms with van der Waals surface area (Å²) < 4.78 is 4.60. The summed E-state index contributed by atoms with van der Waals surface area (Å²) in [5, 5.41) is 8.32. The first-order valence-electron chi connectivity index (χ1n) is 3.62. The standard InChI is InChI=1S/C7H15NO3.ClH/c1-5(2)6(8)7(10)11-4-3-9;/h5-6,9H,3-4,8H2,1-2H3;1H. The zero-order valence-electron chi connectivity index (χ0n) is 7.32. The Balaban J connectivity index is 0. The maximum Gasteiger partial charge on any atom is 0.323 e. The highest BCUT2D eigenvalue weighted by molar-refractivity contribution is 5.85. The molecule has 1 atom stereocenters. The van der Waals surface area contributed by atoms with Gasteiger partial charge in [0.1, 0.15) is 12.6 Å². The molecule has 0 radical (unpaired) electrons. The first kappa shape index (κ1) is 14.2. The lowest BCUT2D eigenvalue weighted by Crippen LogP contribution is -2.37. The van der Waals surface area contributed by atoms with Gasteiger partial charge < -0.3 is 15.6 Å². The average molecular weight is 198 g/mol. The lowest BCUT2D eigenvalue weighted by Gasteiger charge is -2.13. The Bertz CT molecular complexity index is 130.